The summed E-state index contributed by atoms with van der Waals surface area (Å²) >= 11 is 0. The highest BCUT2D eigenvalue weighted by molar-refractivity contribution is 6.02. The van der Waals surface area contributed by atoms with Crippen LogP contribution in [0.5, 0.6) is 11.5 Å². The number of fused-ring (bicyclic) bond motifs is 1. The number of carbonyl (C=O) groups is 2. The van der Waals surface area contributed by atoms with E-state index in [1.54, 1.807) is 36.4 Å². The normalized spacial score (nSPS) is 12.2. The summed E-state index contributed by atoms with van der Waals surface area (Å²) in [5.74, 6) is 0.735. The molecule has 0 bridgehead atoms. The number of unbranched alkanes of at least 4 members (excludes halogenated alkanes) is 1. The maximum atomic E-state index is 12.1. The van der Waals surface area contributed by atoms with E-state index in [0.29, 0.717) is 29.4 Å². The average molecular weight is 367 g/mol. The molecule has 27 heavy (non-hydrogen) atoms. The molecule has 3 rings (SSSR count). The maximum Gasteiger partial charge on any atom is 0.338 e. The van der Waals surface area contributed by atoms with Crippen LogP contribution in [0.2, 0.25) is 0 Å². The third-order valence-corrected chi connectivity index (χ3v) is 3.94. The van der Waals surface area contributed by atoms with Gasteiger partial charge in [-0.05, 0) is 54.5 Å². The molecular formula is C21H21NO5. The summed E-state index contributed by atoms with van der Waals surface area (Å²) in [6.45, 7) is 2.66. The number of rotatable bonds is 7. The van der Waals surface area contributed by atoms with Crippen molar-refractivity contribution in [2.24, 2.45) is 0 Å². The first-order valence-corrected chi connectivity index (χ1v) is 8.81. The van der Waals surface area contributed by atoms with Crippen molar-refractivity contribution in [1.82, 2.24) is 0 Å². The Bertz CT molecular complexity index is 842. The molecule has 140 valence electrons. The van der Waals surface area contributed by atoms with Gasteiger partial charge in [-0.25, -0.2) is 4.79 Å². The van der Waals surface area contributed by atoms with Gasteiger partial charge in [-0.3, -0.25) is 4.79 Å². The monoisotopic (exact) mass is 367 g/mol. The van der Waals surface area contributed by atoms with Crippen molar-refractivity contribution in [3.63, 3.8) is 0 Å². The molecular weight excluding hydrogens is 346 g/mol. The number of ether oxygens (including phenoxy) is 3. The van der Waals surface area contributed by atoms with E-state index in [2.05, 4.69) is 5.32 Å². The minimum absolute atomic E-state index is 0.213. The maximum absolute atomic E-state index is 12.1. The van der Waals surface area contributed by atoms with Gasteiger partial charge in [0.2, 0.25) is 12.7 Å². The van der Waals surface area contributed by atoms with E-state index < -0.39 is 0 Å². The van der Waals surface area contributed by atoms with Crippen molar-refractivity contribution in [2.45, 2.75) is 19.8 Å². The molecule has 1 amide bonds. The van der Waals surface area contributed by atoms with Crippen molar-refractivity contribution in [3.8, 4) is 11.5 Å². The molecule has 0 aromatic heterocycles. The van der Waals surface area contributed by atoms with Crippen LogP contribution in [-0.4, -0.2) is 25.3 Å². The van der Waals surface area contributed by atoms with Gasteiger partial charge in [0.1, 0.15) is 0 Å². The SMILES string of the molecule is CCCCOC(=O)c1ccc(NC(=O)/C=C/c2ccc3c(c2)OCO3)cc1. The van der Waals surface area contributed by atoms with Crippen LogP contribution in [0.3, 0.4) is 0 Å². The van der Waals surface area contributed by atoms with Crippen molar-refractivity contribution in [1.29, 1.82) is 0 Å². The quantitative estimate of drug-likeness (QED) is 0.454. The Morgan fingerprint density at radius 3 is 2.67 bits per heavy atom. The predicted molar refractivity (Wildman–Crippen MR) is 102 cm³/mol. The second kappa shape index (κ2) is 8.89. The van der Waals surface area contributed by atoms with E-state index in [1.165, 1.54) is 6.08 Å². The summed E-state index contributed by atoms with van der Waals surface area (Å²) in [4.78, 5) is 23.9. The Hall–Kier alpha value is -3.28. The number of esters is 1. The molecule has 0 radical (unpaired) electrons. The first-order chi connectivity index (χ1) is 13.2. The summed E-state index contributed by atoms with van der Waals surface area (Å²) in [6, 6.07) is 12.1. The van der Waals surface area contributed by atoms with E-state index in [-0.39, 0.29) is 18.7 Å². The standard InChI is InChI=1S/C21H21NO5/c1-2-3-12-25-21(24)16-6-8-17(9-7-16)22-20(23)11-5-15-4-10-18-19(13-15)27-14-26-18/h4-11,13H,2-3,12,14H2,1H3,(H,22,23)/b11-5+. The highest BCUT2D eigenvalue weighted by Gasteiger charge is 2.12. The summed E-state index contributed by atoms with van der Waals surface area (Å²) < 4.78 is 15.7. The molecule has 0 fully saturated rings. The lowest BCUT2D eigenvalue weighted by Gasteiger charge is -2.06. The number of benzene rings is 2. The van der Waals surface area contributed by atoms with E-state index in [0.717, 1.165) is 18.4 Å². The number of anilines is 1. The first kappa shape index (κ1) is 18.5. The Balaban J connectivity index is 1.54. The fraction of sp³-hybridized carbons (Fsp3) is 0.238. The van der Waals surface area contributed by atoms with Crippen molar-refractivity contribution in [3.05, 3.63) is 59.7 Å². The zero-order chi connectivity index (χ0) is 19.1. The highest BCUT2D eigenvalue weighted by Crippen LogP contribution is 2.32. The molecule has 0 aliphatic carbocycles. The summed E-state index contributed by atoms with van der Waals surface area (Å²) in [6.07, 6.45) is 4.94. The van der Waals surface area contributed by atoms with Gasteiger partial charge in [0.25, 0.3) is 0 Å². The van der Waals surface area contributed by atoms with Crippen LogP contribution < -0.4 is 14.8 Å². The fourth-order valence-corrected chi connectivity index (χ4v) is 2.45. The molecule has 6 nitrogen and oxygen atoms in total. The molecule has 0 saturated heterocycles. The van der Waals surface area contributed by atoms with Crippen LogP contribution in [0.4, 0.5) is 5.69 Å². The average Bonchev–Trinajstić information content (AvgIpc) is 3.15. The summed E-state index contributed by atoms with van der Waals surface area (Å²) in [7, 11) is 0. The number of hydrogen-bond acceptors (Lipinski definition) is 5. The minimum atomic E-state index is -0.357. The molecule has 1 aliphatic heterocycles. The van der Waals surface area contributed by atoms with Crippen LogP contribution >= 0.6 is 0 Å². The van der Waals surface area contributed by atoms with Gasteiger partial charge < -0.3 is 19.5 Å². The van der Waals surface area contributed by atoms with Gasteiger partial charge in [-0.15, -0.1) is 0 Å². The van der Waals surface area contributed by atoms with Crippen LogP contribution in [0.25, 0.3) is 6.08 Å². The molecule has 1 N–H and O–H groups in total. The number of nitrogens with one attached hydrogen (secondary N) is 1. The molecule has 0 atom stereocenters. The zero-order valence-corrected chi connectivity index (χ0v) is 15.1. The van der Waals surface area contributed by atoms with E-state index in [1.807, 2.05) is 19.1 Å². The largest absolute Gasteiger partial charge is 0.462 e. The van der Waals surface area contributed by atoms with Gasteiger partial charge in [-0.2, -0.15) is 0 Å². The van der Waals surface area contributed by atoms with Crippen LogP contribution in [-0.2, 0) is 9.53 Å². The third kappa shape index (κ3) is 5.10. The molecule has 0 spiro atoms. The molecule has 0 saturated carbocycles. The molecule has 2 aromatic rings. The van der Waals surface area contributed by atoms with E-state index in [9.17, 15) is 9.59 Å². The van der Waals surface area contributed by atoms with Crippen molar-refractivity contribution < 1.29 is 23.8 Å². The lowest BCUT2D eigenvalue weighted by Crippen LogP contribution is -2.09. The van der Waals surface area contributed by atoms with Crippen LogP contribution in [0.15, 0.2) is 48.5 Å². The lowest BCUT2D eigenvalue weighted by atomic mass is 10.2. The molecule has 2 aromatic carbocycles. The number of hydrogen-bond donors (Lipinski definition) is 1. The zero-order valence-electron chi connectivity index (χ0n) is 15.1. The Morgan fingerprint density at radius 2 is 1.89 bits per heavy atom. The molecule has 0 unspecified atom stereocenters. The van der Waals surface area contributed by atoms with Crippen molar-refractivity contribution >= 4 is 23.6 Å². The first-order valence-electron chi connectivity index (χ1n) is 8.81. The van der Waals surface area contributed by atoms with Gasteiger partial charge in [-0.1, -0.05) is 19.4 Å². The Morgan fingerprint density at radius 1 is 1.11 bits per heavy atom. The molecule has 1 aliphatic rings. The van der Waals surface area contributed by atoms with Crippen molar-refractivity contribution in [2.75, 3.05) is 18.7 Å². The molecule has 6 heteroatoms. The summed E-state index contributed by atoms with van der Waals surface area (Å²) in [5, 5.41) is 2.75. The number of amides is 1. The van der Waals surface area contributed by atoms with E-state index in [4.69, 9.17) is 14.2 Å². The van der Waals surface area contributed by atoms with Gasteiger partial charge >= 0.3 is 5.97 Å². The van der Waals surface area contributed by atoms with Gasteiger partial charge in [0, 0.05) is 11.8 Å². The van der Waals surface area contributed by atoms with Crippen LogP contribution in [0.1, 0.15) is 35.7 Å². The number of carbonyl (C=O) groups excluding carboxylic acids is 2. The molecule has 1 heterocycles. The van der Waals surface area contributed by atoms with Crippen LogP contribution in [0, 0.1) is 0 Å². The van der Waals surface area contributed by atoms with E-state index >= 15 is 0 Å². The predicted octanol–water partition coefficient (Wildman–Crippen LogP) is 4.02. The topological polar surface area (TPSA) is 73.9 Å². The lowest BCUT2D eigenvalue weighted by molar-refractivity contribution is -0.111. The summed E-state index contributed by atoms with van der Waals surface area (Å²) in [5.41, 5.74) is 1.89. The second-order valence-electron chi connectivity index (χ2n) is 6.00. The second-order valence-corrected chi connectivity index (χ2v) is 6.00. The Kier molecular flexibility index (Phi) is 6.10. The smallest absolute Gasteiger partial charge is 0.338 e. The van der Waals surface area contributed by atoms with Gasteiger partial charge in [0.05, 0.1) is 12.2 Å². The third-order valence-electron chi connectivity index (χ3n) is 3.94. The minimum Gasteiger partial charge on any atom is -0.462 e. The van der Waals surface area contributed by atoms with Gasteiger partial charge in [0.15, 0.2) is 11.5 Å². The Labute approximate surface area is 157 Å². The highest BCUT2D eigenvalue weighted by atomic mass is 16.7. The fourth-order valence-electron chi connectivity index (χ4n) is 2.45.